The molecule has 0 aromatic rings. The Morgan fingerprint density at radius 1 is 1.62 bits per heavy atom. The van der Waals surface area contributed by atoms with Crippen LogP contribution >= 0.6 is 11.8 Å². The fourth-order valence-electron chi connectivity index (χ4n) is 1.03. The van der Waals surface area contributed by atoms with E-state index in [0.29, 0.717) is 6.54 Å². The summed E-state index contributed by atoms with van der Waals surface area (Å²) in [7, 11) is 0. The molecule has 76 valence electrons. The summed E-state index contributed by atoms with van der Waals surface area (Å²) >= 11 is 1.58. The van der Waals surface area contributed by atoms with Gasteiger partial charge in [-0.3, -0.25) is 4.79 Å². The summed E-state index contributed by atoms with van der Waals surface area (Å²) in [5.74, 6) is 0.206. The minimum Gasteiger partial charge on any atom is -0.338 e. The molecule has 3 heteroatoms. The van der Waals surface area contributed by atoms with Crippen LogP contribution < -0.4 is 0 Å². The first-order chi connectivity index (χ1) is 6.02. The van der Waals surface area contributed by atoms with Crippen LogP contribution in [0.4, 0.5) is 0 Å². The van der Waals surface area contributed by atoms with Gasteiger partial charge in [-0.2, -0.15) is 11.8 Å². The maximum absolute atomic E-state index is 11.7. The summed E-state index contributed by atoms with van der Waals surface area (Å²) in [6.07, 6.45) is 1.96. The summed E-state index contributed by atoms with van der Waals surface area (Å²) < 4.78 is 0. The van der Waals surface area contributed by atoms with Gasteiger partial charge in [0.15, 0.2) is 0 Å². The van der Waals surface area contributed by atoms with E-state index in [9.17, 15) is 4.79 Å². The number of rotatable bonds is 5. The second-order valence-electron chi connectivity index (χ2n) is 3.19. The number of carbonyl (C=O) groups is 1. The Hall–Kier alpha value is -0.440. The van der Waals surface area contributed by atoms with Crippen molar-refractivity contribution in [1.82, 2.24) is 4.90 Å². The molecule has 0 bridgehead atoms. The summed E-state index contributed by atoms with van der Waals surface area (Å²) in [6, 6.07) is 0. The van der Waals surface area contributed by atoms with Crippen LogP contribution in [0.2, 0.25) is 0 Å². The number of amides is 1. The Morgan fingerprint density at radius 2 is 2.15 bits per heavy atom. The van der Waals surface area contributed by atoms with Gasteiger partial charge in [0.1, 0.15) is 0 Å². The quantitative estimate of drug-likeness (QED) is 0.635. The van der Waals surface area contributed by atoms with Crippen molar-refractivity contribution in [3.8, 4) is 0 Å². The number of nitrogens with zero attached hydrogens (tertiary/aromatic N) is 1. The number of hydrogen-bond acceptors (Lipinski definition) is 2. The first-order valence-corrected chi connectivity index (χ1v) is 5.77. The van der Waals surface area contributed by atoms with E-state index in [1.165, 1.54) is 0 Å². The Balaban J connectivity index is 4.22. The van der Waals surface area contributed by atoms with Gasteiger partial charge in [-0.15, -0.1) is 0 Å². The first kappa shape index (κ1) is 12.6. The van der Waals surface area contributed by atoms with Crippen molar-refractivity contribution in [2.24, 2.45) is 0 Å². The zero-order valence-electron chi connectivity index (χ0n) is 8.96. The topological polar surface area (TPSA) is 20.3 Å². The van der Waals surface area contributed by atoms with Crippen molar-refractivity contribution in [2.45, 2.75) is 26.0 Å². The van der Waals surface area contributed by atoms with Gasteiger partial charge in [-0.1, -0.05) is 12.2 Å². The fraction of sp³-hybridized carbons (Fsp3) is 0.700. The van der Waals surface area contributed by atoms with Crippen LogP contribution in [-0.4, -0.2) is 35.4 Å². The molecule has 0 aliphatic carbocycles. The lowest BCUT2D eigenvalue weighted by Crippen LogP contribution is -2.37. The van der Waals surface area contributed by atoms with E-state index in [4.69, 9.17) is 0 Å². The maximum Gasteiger partial charge on any atom is 0.235 e. The molecule has 0 aromatic heterocycles. The van der Waals surface area contributed by atoms with Crippen LogP contribution in [-0.2, 0) is 4.79 Å². The van der Waals surface area contributed by atoms with Gasteiger partial charge in [0.25, 0.3) is 0 Å². The molecule has 0 fully saturated rings. The van der Waals surface area contributed by atoms with Crippen LogP contribution in [0.3, 0.4) is 0 Å². The number of thioether (sulfide) groups is 1. The van der Waals surface area contributed by atoms with Crippen molar-refractivity contribution in [3.05, 3.63) is 12.2 Å². The van der Waals surface area contributed by atoms with E-state index in [1.54, 1.807) is 11.8 Å². The molecule has 0 saturated carbocycles. The monoisotopic (exact) mass is 201 g/mol. The molecule has 0 rings (SSSR count). The van der Waals surface area contributed by atoms with Gasteiger partial charge in [0.2, 0.25) is 5.91 Å². The van der Waals surface area contributed by atoms with Crippen molar-refractivity contribution in [3.63, 3.8) is 0 Å². The predicted molar refractivity (Wildman–Crippen MR) is 60.0 cm³/mol. The number of carbonyl (C=O) groups excluding carboxylic acids is 1. The highest BCUT2D eigenvalue weighted by Gasteiger charge is 2.17. The Kier molecular flexibility index (Phi) is 5.88. The maximum atomic E-state index is 11.7. The van der Waals surface area contributed by atoms with Crippen LogP contribution in [0.15, 0.2) is 12.2 Å². The third-order valence-corrected chi connectivity index (χ3v) is 2.76. The number of likely N-dealkylation sites (N-methyl/N-ethyl adjacent to an activating group) is 1. The van der Waals surface area contributed by atoms with Crippen molar-refractivity contribution >= 4 is 17.7 Å². The summed E-state index contributed by atoms with van der Waals surface area (Å²) in [5.41, 5.74) is 1.03. The lowest BCUT2D eigenvalue weighted by molar-refractivity contribution is -0.129. The van der Waals surface area contributed by atoms with Crippen molar-refractivity contribution in [1.29, 1.82) is 0 Å². The second-order valence-corrected chi connectivity index (χ2v) is 4.37. The fourth-order valence-corrected chi connectivity index (χ4v) is 1.38. The SMILES string of the molecule is C=C(C)CN(CC)C(=O)[C@@H](C)SC. The van der Waals surface area contributed by atoms with E-state index >= 15 is 0 Å². The highest BCUT2D eigenvalue weighted by molar-refractivity contribution is 7.99. The zero-order chi connectivity index (χ0) is 10.4. The van der Waals surface area contributed by atoms with Gasteiger partial charge >= 0.3 is 0 Å². The molecule has 0 aliphatic rings. The van der Waals surface area contributed by atoms with Crippen LogP contribution in [0.5, 0.6) is 0 Å². The van der Waals surface area contributed by atoms with E-state index in [-0.39, 0.29) is 11.2 Å². The lowest BCUT2D eigenvalue weighted by Gasteiger charge is -2.23. The molecule has 2 nitrogen and oxygen atoms in total. The second kappa shape index (κ2) is 6.08. The molecule has 0 spiro atoms. The van der Waals surface area contributed by atoms with Crippen LogP contribution in [0.1, 0.15) is 20.8 Å². The summed E-state index contributed by atoms with van der Waals surface area (Å²) in [4.78, 5) is 13.5. The Morgan fingerprint density at radius 3 is 2.46 bits per heavy atom. The number of hydrogen-bond donors (Lipinski definition) is 0. The smallest absolute Gasteiger partial charge is 0.235 e. The summed E-state index contributed by atoms with van der Waals surface area (Å²) in [6.45, 7) is 11.1. The molecule has 0 heterocycles. The normalized spacial score (nSPS) is 12.3. The third-order valence-electron chi connectivity index (χ3n) is 1.86. The predicted octanol–water partition coefficient (Wildman–Crippen LogP) is 2.16. The zero-order valence-corrected chi connectivity index (χ0v) is 9.78. The van der Waals surface area contributed by atoms with Gasteiger partial charge < -0.3 is 4.90 Å². The van der Waals surface area contributed by atoms with Gasteiger partial charge in [0.05, 0.1) is 5.25 Å². The molecular formula is C10H19NOS. The highest BCUT2D eigenvalue weighted by atomic mass is 32.2. The van der Waals surface area contributed by atoms with Gasteiger partial charge in [-0.25, -0.2) is 0 Å². The van der Waals surface area contributed by atoms with Crippen LogP contribution in [0, 0.1) is 0 Å². The van der Waals surface area contributed by atoms with E-state index < -0.39 is 0 Å². The van der Waals surface area contributed by atoms with Crippen LogP contribution in [0.25, 0.3) is 0 Å². The van der Waals surface area contributed by atoms with Crippen molar-refractivity contribution in [2.75, 3.05) is 19.3 Å². The molecule has 0 aromatic carbocycles. The largest absolute Gasteiger partial charge is 0.338 e. The molecule has 1 atom stereocenters. The lowest BCUT2D eigenvalue weighted by atomic mass is 10.3. The molecule has 13 heavy (non-hydrogen) atoms. The molecule has 0 radical (unpaired) electrons. The first-order valence-electron chi connectivity index (χ1n) is 4.48. The third kappa shape index (κ3) is 4.36. The molecule has 0 aliphatic heterocycles. The molecule has 0 saturated heterocycles. The van der Waals surface area contributed by atoms with E-state index in [1.807, 2.05) is 31.9 Å². The average Bonchev–Trinajstić information content (AvgIpc) is 2.11. The average molecular weight is 201 g/mol. The summed E-state index contributed by atoms with van der Waals surface area (Å²) in [5, 5.41) is 0.0549. The van der Waals surface area contributed by atoms with Crippen molar-refractivity contribution < 1.29 is 4.79 Å². The molecule has 0 N–H and O–H groups in total. The standard InChI is InChI=1S/C10H19NOS/c1-6-11(7-8(2)3)10(12)9(4)13-5/h9H,2,6-7H2,1,3-5H3/t9-/m1/s1. The van der Waals surface area contributed by atoms with E-state index in [0.717, 1.165) is 12.1 Å². The minimum absolute atomic E-state index is 0.0549. The van der Waals surface area contributed by atoms with Gasteiger partial charge in [-0.05, 0) is 27.0 Å². The molecule has 0 unspecified atom stereocenters. The van der Waals surface area contributed by atoms with Gasteiger partial charge in [0, 0.05) is 13.1 Å². The highest BCUT2D eigenvalue weighted by Crippen LogP contribution is 2.10. The molecular weight excluding hydrogens is 182 g/mol. The Bertz CT molecular complexity index is 191. The van der Waals surface area contributed by atoms with E-state index in [2.05, 4.69) is 6.58 Å². The Labute approximate surface area is 85.4 Å². The minimum atomic E-state index is 0.0549. The molecule has 1 amide bonds.